The lowest BCUT2D eigenvalue weighted by Crippen LogP contribution is -2.49. The number of hydrogen-bond donors (Lipinski definition) is 0. The summed E-state index contributed by atoms with van der Waals surface area (Å²) in [6.45, 7) is 7.47. The Morgan fingerprint density at radius 2 is 2.05 bits per heavy atom. The summed E-state index contributed by atoms with van der Waals surface area (Å²) < 4.78 is 5.31. The van der Waals surface area contributed by atoms with Crippen LogP contribution in [0.5, 0.6) is 0 Å². The standard InChI is InChI=1S/C16H20N2O2S/c1-12-3-9-20-15(12)16(19)18-7-5-17(6-8-18)13(2)14-4-10-21-11-14/h3-4,9-11,13H,5-8H2,1-2H3. The lowest BCUT2D eigenvalue weighted by atomic mass is 10.1. The molecular formula is C16H20N2O2S. The highest BCUT2D eigenvalue weighted by Crippen LogP contribution is 2.24. The van der Waals surface area contributed by atoms with Crippen LogP contribution in [0.25, 0.3) is 0 Å². The maximum absolute atomic E-state index is 12.4. The van der Waals surface area contributed by atoms with E-state index in [1.54, 1.807) is 17.6 Å². The zero-order valence-electron chi connectivity index (χ0n) is 12.4. The Kier molecular flexibility index (Phi) is 4.12. The Morgan fingerprint density at radius 1 is 1.29 bits per heavy atom. The molecule has 3 heterocycles. The van der Waals surface area contributed by atoms with Gasteiger partial charge in [0, 0.05) is 37.8 Å². The van der Waals surface area contributed by atoms with Crippen molar-refractivity contribution in [2.75, 3.05) is 26.2 Å². The van der Waals surface area contributed by atoms with Crippen molar-refractivity contribution >= 4 is 17.2 Å². The number of carbonyl (C=O) groups is 1. The first-order valence-electron chi connectivity index (χ1n) is 7.26. The van der Waals surface area contributed by atoms with E-state index in [1.165, 1.54) is 5.56 Å². The Balaban J connectivity index is 1.60. The van der Waals surface area contributed by atoms with Crippen LogP contribution in [-0.4, -0.2) is 41.9 Å². The molecule has 1 aliphatic heterocycles. The van der Waals surface area contributed by atoms with Gasteiger partial charge in [-0.25, -0.2) is 0 Å². The lowest BCUT2D eigenvalue weighted by molar-refractivity contribution is 0.0552. The SMILES string of the molecule is Cc1ccoc1C(=O)N1CCN(C(C)c2ccsc2)CC1. The highest BCUT2D eigenvalue weighted by atomic mass is 32.1. The second-order valence-corrected chi connectivity index (χ2v) is 6.27. The molecule has 2 aromatic rings. The van der Waals surface area contributed by atoms with Gasteiger partial charge in [0.05, 0.1) is 6.26 Å². The molecule has 0 aromatic carbocycles. The molecule has 1 atom stereocenters. The van der Waals surface area contributed by atoms with Crippen molar-refractivity contribution in [3.05, 3.63) is 46.0 Å². The van der Waals surface area contributed by atoms with E-state index >= 15 is 0 Å². The van der Waals surface area contributed by atoms with E-state index in [4.69, 9.17) is 4.42 Å². The first kappa shape index (κ1) is 14.4. The summed E-state index contributed by atoms with van der Waals surface area (Å²) in [5.74, 6) is 0.495. The summed E-state index contributed by atoms with van der Waals surface area (Å²) in [6, 6.07) is 4.43. The maximum Gasteiger partial charge on any atom is 0.289 e. The molecule has 0 spiro atoms. The smallest absolute Gasteiger partial charge is 0.289 e. The average Bonchev–Trinajstić information content (AvgIpc) is 3.17. The molecule has 1 aliphatic rings. The van der Waals surface area contributed by atoms with Crippen molar-refractivity contribution in [2.45, 2.75) is 19.9 Å². The van der Waals surface area contributed by atoms with Gasteiger partial charge in [-0.3, -0.25) is 9.69 Å². The van der Waals surface area contributed by atoms with Gasteiger partial charge >= 0.3 is 0 Å². The Morgan fingerprint density at radius 3 is 2.62 bits per heavy atom. The van der Waals surface area contributed by atoms with Gasteiger partial charge in [0.25, 0.3) is 5.91 Å². The second kappa shape index (κ2) is 6.03. The predicted molar refractivity (Wildman–Crippen MR) is 83.7 cm³/mol. The van der Waals surface area contributed by atoms with E-state index in [1.807, 2.05) is 17.9 Å². The molecule has 1 unspecified atom stereocenters. The molecule has 112 valence electrons. The van der Waals surface area contributed by atoms with Crippen molar-refractivity contribution in [1.29, 1.82) is 0 Å². The lowest BCUT2D eigenvalue weighted by Gasteiger charge is -2.37. The van der Waals surface area contributed by atoms with E-state index in [9.17, 15) is 4.79 Å². The van der Waals surface area contributed by atoms with Crippen LogP contribution >= 0.6 is 11.3 Å². The highest BCUT2D eigenvalue weighted by Gasteiger charge is 2.27. The molecular weight excluding hydrogens is 284 g/mol. The summed E-state index contributed by atoms with van der Waals surface area (Å²) in [7, 11) is 0. The van der Waals surface area contributed by atoms with Crippen LogP contribution in [0.15, 0.2) is 33.6 Å². The summed E-state index contributed by atoms with van der Waals surface area (Å²) in [5.41, 5.74) is 2.27. The molecule has 2 aromatic heterocycles. The Labute approximate surface area is 129 Å². The number of rotatable bonds is 3. The number of piperazine rings is 1. The molecule has 21 heavy (non-hydrogen) atoms. The van der Waals surface area contributed by atoms with E-state index in [-0.39, 0.29) is 5.91 Å². The van der Waals surface area contributed by atoms with E-state index in [0.29, 0.717) is 11.8 Å². The fraction of sp³-hybridized carbons (Fsp3) is 0.438. The van der Waals surface area contributed by atoms with Crippen molar-refractivity contribution in [3.8, 4) is 0 Å². The molecule has 3 rings (SSSR count). The maximum atomic E-state index is 12.4. The Hall–Kier alpha value is -1.59. The highest BCUT2D eigenvalue weighted by molar-refractivity contribution is 7.07. The van der Waals surface area contributed by atoms with Crippen LogP contribution in [0.3, 0.4) is 0 Å². The number of aryl methyl sites for hydroxylation is 1. The molecule has 5 heteroatoms. The average molecular weight is 304 g/mol. The van der Waals surface area contributed by atoms with Gasteiger partial charge in [0.1, 0.15) is 0 Å². The van der Waals surface area contributed by atoms with Crippen LogP contribution in [0.2, 0.25) is 0 Å². The number of furan rings is 1. The fourth-order valence-electron chi connectivity index (χ4n) is 2.77. The van der Waals surface area contributed by atoms with Crippen molar-refractivity contribution in [3.63, 3.8) is 0 Å². The van der Waals surface area contributed by atoms with Crippen LogP contribution in [0, 0.1) is 6.92 Å². The van der Waals surface area contributed by atoms with Gasteiger partial charge in [-0.15, -0.1) is 0 Å². The largest absolute Gasteiger partial charge is 0.459 e. The minimum absolute atomic E-state index is 0.0142. The quantitative estimate of drug-likeness (QED) is 0.874. The van der Waals surface area contributed by atoms with Gasteiger partial charge in [-0.2, -0.15) is 11.3 Å². The van der Waals surface area contributed by atoms with E-state index in [2.05, 4.69) is 28.7 Å². The normalized spacial score (nSPS) is 17.9. The molecule has 4 nitrogen and oxygen atoms in total. The van der Waals surface area contributed by atoms with Crippen molar-refractivity contribution < 1.29 is 9.21 Å². The van der Waals surface area contributed by atoms with Crippen molar-refractivity contribution in [1.82, 2.24) is 9.80 Å². The third kappa shape index (κ3) is 2.89. The van der Waals surface area contributed by atoms with Gasteiger partial charge in [-0.1, -0.05) is 0 Å². The molecule has 1 amide bonds. The van der Waals surface area contributed by atoms with Gasteiger partial charge in [0.2, 0.25) is 0 Å². The van der Waals surface area contributed by atoms with Crippen LogP contribution < -0.4 is 0 Å². The number of amides is 1. The predicted octanol–water partition coefficient (Wildman–Crippen LogP) is 3.17. The first-order valence-corrected chi connectivity index (χ1v) is 8.20. The topological polar surface area (TPSA) is 36.7 Å². The fourth-order valence-corrected chi connectivity index (χ4v) is 3.52. The Bertz CT molecular complexity index is 598. The van der Waals surface area contributed by atoms with Gasteiger partial charge < -0.3 is 9.32 Å². The van der Waals surface area contributed by atoms with E-state index in [0.717, 1.165) is 31.7 Å². The molecule has 1 saturated heterocycles. The third-order valence-electron chi connectivity index (χ3n) is 4.23. The number of carbonyl (C=O) groups excluding carboxylic acids is 1. The second-order valence-electron chi connectivity index (χ2n) is 5.49. The van der Waals surface area contributed by atoms with Crippen LogP contribution in [0.4, 0.5) is 0 Å². The van der Waals surface area contributed by atoms with E-state index < -0.39 is 0 Å². The zero-order valence-corrected chi connectivity index (χ0v) is 13.2. The molecule has 0 bridgehead atoms. The first-order chi connectivity index (χ1) is 10.2. The van der Waals surface area contributed by atoms with Gasteiger partial charge in [0.15, 0.2) is 5.76 Å². The number of nitrogens with zero attached hydrogens (tertiary/aromatic N) is 2. The molecule has 0 saturated carbocycles. The third-order valence-corrected chi connectivity index (χ3v) is 4.93. The zero-order chi connectivity index (χ0) is 14.8. The van der Waals surface area contributed by atoms with Crippen molar-refractivity contribution in [2.24, 2.45) is 0 Å². The minimum atomic E-state index is 0.0142. The minimum Gasteiger partial charge on any atom is -0.459 e. The summed E-state index contributed by atoms with van der Waals surface area (Å²) >= 11 is 1.73. The number of thiophene rings is 1. The molecule has 0 N–H and O–H groups in total. The number of hydrogen-bond acceptors (Lipinski definition) is 4. The monoisotopic (exact) mass is 304 g/mol. The molecule has 0 aliphatic carbocycles. The summed E-state index contributed by atoms with van der Waals surface area (Å²) in [6.07, 6.45) is 1.58. The molecule has 1 fully saturated rings. The van der Waals surface area contributed by atoms with Gasteiger partial charge in [-0.05, 0) is 42.3 Å². The van der Waals surface area contributed by atoms with Crippen LogP contribution in [-0.2, 0) is 0 Å². The molecule has 0 radical (unpaired) electrons. The van der Waals surface area contributed by atoms with Crippen LogP contribution in [0.1, 0.15) is 34.6 Å². The summed E-state index contributed by atoms with van der Waals surface area (Å²) in [5, 5.41) is 4.32. The summed E-state index contributed by atoms with van der Waals surface area (Å²) in [4.78, 5) is 16.7.